The van der Waals surface area contributed by atoms with Gasteiger partial charge in [0.2, 0.25) is 0 Å². The lowest BCUT2D eigenvalue weighted by Gasteiger charge is -2.17. The van der Waals surface area contributed by atoms with E-state index in [1.165, 1.54) is 5.56 Å². The van der Waals surface area contributed by atoms with Crippen LogP contribution in [0, 0.1) is 6.92 Å². The highest BCUT2D eigenvalue weighted by Gasteiger charge is 2.16. The number of hydrogen-bond acceptors (Lipinski definition) is 2. The van der Waals surface area contributed by atoms with Gasteiger partial charge < -0.3 is 9.47 Å². The lowest BCUT2D eigenvalue weighted by Crippen LogP contribution is -1.96. The molecule has 0 atom stereocenters. The van der Waals surface area contributed by atoms with Gasteiger partial charge in [0, 0.05) is 0 Å². The summed E-state index contributed by atoms with van der Waals surface area (Å²) < 4.78 is 11.0. The average Bonchev–Trinajstić information content (AvgIpc) is 2.45. The molecule has 2 nitrogen and oxygen atoms in total. The number of methoxy groups -OCH3 is 2. The summed E-state index contributed by atoms with van der Waals surface area (Å²) in [6.07, 6.45) is 0. The first-order valence-corrected chi connectivity index (χ1v) is 6.56. The summed E-state index contributed by atoms with van der Waals surface area (Å²) in [6.45, 7) is 8.16. The third kappa shape index (κ3) is 2.55. The molecule has 0 aromatic heterocycles. The van der Waals surface area contributed by atoms with Crippen molar-refractivity contribution < 1.29 is 9.47 Å². The summed E-state index contributed by atoms with van der Waals surface area (Å²) in [5.74, 6) is 1.61. The largest absolute Gasteiger partial charge is 0.496 e. The second kappa shape index (κ2) is 5.83. The van der Waals surface area contributed by atoms with E-state index in [-0.39, 0.29) is 0 Å². The van der Waals surface area contributed by atoms with Crippen molar-refractivity contribution in [3.05, 3.63) is 54.1 Å². The van der Waals surface area contributed by atoms with Gasteiger partial charge in [0.15, 0.2) is 0 Å². The molecule has 0 heterocycles. The minimum atomic E-state index is 0.803. The zero-order chi connectivity index (χ0) is 14.7. The molecule has 0 saturated heterocycles. The van der Waals surface area contributed by atoms with Gasteiger partial charge in [-0.15, -0.1) is 0 Å². The van der Waals surface area contributed by atoms with E-state index in [9.17, 15) is 0 Å². The topological polar surface area (TPSA) is 18.5 Å². The Bertz CT molecular complexity index is 620. The molecule has 0 fully saturated rings. The molecular formula is C18H20O2. The monoisotopic (exact) mass is 268 g/mol. The van der Waals surface area contributed by atoms with Crippen LogP contribution in [0.3, 0.4) is 0 Å². The Labute approximate surface area is 120 Å². The smallest absolute Gasteiger partial charge is 0.130 e. The van der Waals surface area contributed by atoms with Crippen LogP contribution < -0.4 is 9.47 Å². The maximum Gasteiger partial charge on any atom is 0.130 e. The summed E-state index contributed by atoms with van der Waals surface area (Å²) in [7, 11) is 3.35. The maximum absolute atomic E-state index is 5.51. The Morgan fingerprint density at radius 3 is 2.10 bits per heavy atom. The quantitative estimate of drug-likeness (QED) is 0.799. The van der Waals surface area contributed by atoms with Gasteiger partial charge in [0.25, 0.3) is 0 Å². The predicted octanol–water partition coefficient (Wildman–Crippen LogP) is 4.71. The first-order valence-electron chi connectivity index (χ1n) is 6.56. The number of aryl methyl sites for hydroxylation is 1. The molecule has 0 unspecified atom stereocenters. The van der Waals surface area contributed by atoms with Crippen LogP contribution in [0.1, 0.15) is 18.1 Å². The van der Waals surface area contributed by atoms with Crippen molar-refractivity contribution >= 4 is 5.57 Å². The van der Waals surface area contributed by atoms with Gasteiger partial charge in [0.1, 0.15) is 11.5 Å². The fourth-order valence-corrected chi connectivity index (χ4v) is 2.35. The van der Waals surface area contributed by atoms with Crippen molar-refractivity contribution in [3.63, 3.8) is 0 Å². The summed E-state index contributed by atoms with van der Waals surface area (Å²) in [5, 5.41) is 0. The van der Waals surface area contributed by atoms with Gasteiger partial charge in [-0.3, -0.25) is 0 Å². The Morgan fingerprint density at radius 1 is 1.00 bits per heavy atom. The van der Waals surface area contributed by atoms with Crippen molar-refractivity contribution in [1.29, 1.82) is 0 Å². The molecule has 0 amide bonds. The third-order valence-corrected chi connectivity index (χ3v) is 3.33. The normalized spacial score (nSPS) is 10.2. The van der Waals surface area contributed by atoms with Gasteiger partial charge >= 0.3 is 0 Å². The predicted molar refractivity (Wildman–Crippen MR) is 84.4 cm³/mol. The Kier molecular flexibility index (Phi) is 4.14. The fourth-order valence-electron chi connectivity index (χ4n) is 2.35. The minimum Gasteiger partial charge on any atom is -0.496 e. The van der Waals surface area contributed by atoms with Crippen molar-refractivity contribution in [2.24, 2.45) is 0 Å². The van der Waals surface area contributed by atoms with Gasteiger partial charge in [-0.05, 0) is 37.1 Å². The molecule has 0 spiro atoms. The zero-order valence-corrected chi connectivity index (χ0v) is 12.5. The SMILES string of the molecule is C=C(C)c1ccc(C)cc1-c1c(OC)cccc1OC. The van der Waals surface area contributed by atoms with Crippen LogP contribution in [-0.2, 0) is 0 Å². The van der Waals surface area contributed by atoms with E-state index in [0.29, 0.717) is 0 Å². The standard InChI is InChI=1S/C18H20O2/c1-12(2)14-10-9-13(3)11-15(14)18-16(19-4)7-6-8-17(18)20-5/h6-11H,1H2,2-5H3. The van der Waals surface area contributed by atoms with Crippen LogP contribution in [0.15, 0.2) is 43.0 Å². The average molecular weight is 268 g/mol. The number of hydrogen-bond donors (Lipinski definition) is 0. The molecule has 0 radical (unpaired) electrons. The first kappa shape index (κ1) is 14.2. The van der Waals surface area contributed by atoms with E-state index >= 15 is 0 Å². The highest BCUT2D eigenvalue weighted by Crippen LogP contribution is 2.41. The van der Waals surface area contributed by atoms with E-state index in [2.05, 4.69) is 31.7 Å². The molecule has 2 rings (SSSR count). The first-order chi connectivity index (χ1) is 9.58. The van der Waals surface area contributed by atoms with Crippen LogP contribution in [0.5, 0.6) is 11.5 Å². The molecule has 0 saturated carbocycles. The van der Waals surface area contributed by atoms with Gasteiger partial charge in [-0.2, -0.15) is 0 Å². The van der Waals surface area contributed by atoms with E-state index in [1.54, 1.807) is 14.2 Å². The molecule has 0 bridgehead atoms. The van der Waals surface area contributed by atoms with Gasteiger partial charge in [-0.25, -0.2) is 0 Å². The molecular weight excluding hydrogens is 248 g/mol. The summed E-state index contributed by atoms with van der Waals surface area (Å²) in [4.78, 5) is 0. The highest BCUT2D eigenvalue weighted by atomic mass is 16.5. The summed E-state index contributed by atoms with van der Waals surface area (Å²) in [5.41, 5.74) is 5.38. The molecule has 2 aromatic carbocycles. The Morgan fingerprint density at radius 2 is 1.60 bits per heavy atom. The van der Waals surface area contributed by atoms with Crippen LogP contribution >= 0.6 is 0 Å². The number of allylic oxidation sites excluding steroid dienone is 1. The molecule has 0 aliphatic rings. The second-order valence-electron chi connectivity index (χ2n) is 4.87. The van der Waals surface area contributed by atoms with Crippen molar-refractivity contribution in [1.82, 2.24) is 0 Å². The number of ether oxygens (including phenoxy) is 2. The van der Waals surface area contributed by atoms with Crippen LogP contribution in [0.25, 0.3) is 16.7 Å². The van der Waals surface area contributed by atoms with Crippen LogP contribution in [0.4, 0.5) is 0 Å². The van der Waals surface area contributed by atoms with Gasteiger partial charge in [-0.1, -0.05) is 42.0 Å². The molecule has 2 aromatic rings. The molecule has 0 aliphatic carbocycles. The Hall–Kier alpha value is -2.22. The molecule has 0 aliphatic heterocycles. The fraction of sp³-hybridized carbons (Fsp3) is 0.222. The van der Waals surface area contributed by atoms with E-state index in [4.69, 9.17) is 9.47 Å². The van der Waals surface area contributed by atoms with Crippen LogP contribution in [0.2, 0.25) is 0 Å². The summed E-state index contributed by atoms with van der Waals surface area (Å²) >= 11 is 0. The maximum atomic E-state index is 5.51. The van der Waals surface area contributed by atoms with Crippen molar-refractivity contribution in [3.8, 4) is 22.6 Å². The third-order valence-electron chi connectivity index (χ3n) is 3.33. The van der Waals surface area contributed by atoms with Crippen molar-refractivity contribution in [2.75, 3.05) is 14.2 Å². The van der Waals surface area contributed by atoms with Gasteiger partial charge in [0.05, 0.1) is 19.8 Å². The molecule has 2 heteroatoms. The van der Waals surface area contributed by atoms with Crippen molar-refractivity contribution in [2.45, 2.75) is 13.8 Å². The zero-order valence-electron chi connectivity index (χ0n) is 12.5. The van der Waals surface area contributed by atoms with E-state index in [0.717, 1.165) is 33.8 Å². The summed E-state index contributed by atoms with van der Waals surface area (Å²) in [6, 6.07) is 12.2. The lowest BCUT2D eigenvalue weighted by molar-refractivity contribution is 0.397. The minimum absolute atomic E-state index is 0.803. The highest BCUT2D eigenvalue weighted by molar-refractivity contribution is 5.86. The molecule has 0 N–H and O–H groups in total. The second-order valence-corrected chi connectivity index (χ2v) is 4.87. The Balaban J connectivity index is 2.79. The number of benzene rings is 2. The number of rotatable bonds is 4. The lowest BCUT2D eigenvalue weighted by atomic mass is 9.93. The van der Waals surface area contributed by atoms with E-state index < -0.39 is 0 Å². The molecule has 104 valence electrons. The van der Waals surface area contributed by atoms with E-state index in [1.807, 2.05) is 25.1 Å². The van der Waals surface area contributed by atoms with Crippen LogP contribution in [-0.4, -0.2) is 14.2 Å². The molecule has 20 heavy (non-hydrogen) atoms.